The van der Waals surface area contributed by atoms with E-state index < -0.39 is 29.1 Å². The van der Waals surface area contributed by atoms with Crippen LogP contribution in [0.1, 0.15) is 22.8 Å². The largest absolute Gasteiger partial charge is 0.283 e. The Balaban J connectivity index is 2.29. The summed E-state index contributed by atoms with van der Waals surface area (Å²) in [7, 11) is 1.25. The van der Waals surface area contributed by atoms with Gasteiger partial charge in [0.05, 0.1) is 13.2 Å². The third-order valence-corrected chi connectivity index (χ3v) is 4.24. The highest BCUT2D eigenvalue weighted by molar-refractivity contribution is 6.36. The standard InChI is InChI=1S/C17H15Cl2F2NO2/c1-10(9-11-12(18)5-3-6-13(11)19)22(24-2)17(23)16-14(20)7-4-8-15(16)21/h3-8,10H,9H2,1-2H3/t10-/m1/s1. The number of carbonyl (C=O) groups is 1. The van der Waals surface area contributed by atoms with E-state index in [9.17, 15) is 13.6 Å². The average Bonchev–Trinajstić information content (AvgIpc) is 2.51. The molecule has 0 aliphatic heterocycles. The van der Waals surface area contributed by atoms with Crippen molar-refractivity contribution in [3.8, 4) is 0 Å². The summed E-state index contributed by atoms with van der Waals surface area (Å²) < 4.78 is 27.7. The van der Waals surface area contributed by atoms with E-state index in [-0.39, 0.29) is 6.42 Å². The first-order valence-corrected chi connectivity index (χ1v) is 7.87. The van der Waals surface area contributed by atoms with E-state index in [2.05, 4.69) is 0 Å². The van der Waals surface area contributed by atoms with E-state index in [4.69, 9.17) is 28.0 Å². The van der Waals surface area contributed by atoms with Gasteiger partial charge in [0.15, 0.2) is 0 Å². The van der Waals surface area contributed by atoms with Crippen LogP contribution in [0.15, 0.2) is 36.4 Å². The average molecular weight is 374 g/mol. The Hall–Kier alpha value is -1.69. The fraction of sp³-hybridized carbons (Fsp3) is 0.235. The van der Waals surface area contributed by atoms with Crippen LogP contribution in [-0.4, -0.2) is 24.1 Å². The van der Waals surface area contributed by atoms with Gasteiger partial charge in [-0.2, -0.15) is 0 Å². The van der Waals surface area contributed by atoms with Crippen molar-refractivity contribution in [1.29, 1.82) is 0 Å². The normalized spacial score (nSPS) is 12.1. The van der Waals surface area contributed by atoms with Crippen molar-refractivity contribution in [3.63, 3.8) is 0 Å². The van der Waals surface area contributed by atoms with Crippen molar-refractivity contribution in [3.05, 3.63) is 69.2 Å². The lowest BCUT2D eigenvalue weighted by molar-refractivity contribution is -0.119. The zero-order valence-electron chi connectivity index (χ0n) is 13.0. The van der Waals surface area contributed by atoms with Crippen molar-refractivity contribution in [1.82, 2.24) is 5.06 Å². The quantitative estimate of drug-likeness (QED) is 0.697. The maximum Gasteiger partial charge on any atom is 0.283 e. The van der Waals surface area contributed by atoms with Gasteiger partial charge in [-0.1, -0.05) is 35.3 Å². The zero-order valence-corrected chi connectivity index (χ0v) is 14.5. The Morgan fingerprint density at radius 2 is 1.62 bits per heavy atom. The number of nitrogens with zero attached hydrogens (tertiary/aromatic N) is 1. The number of amides is 1. The molecule has 0 fully saturated rings. The van der Waals surface area contributed by atoms with Gasteiger partial charge < -0.3 is 0 Å². The van der Waals surface area contributed by atoms with Crippen LogP contribution in [0.2, 0.25) is 10.0 Å². The first-order chi connectivity index (χ1) is 11.4. The molecule has 0 aromatic heterocycles. The lowest BCUT2D eigenvalue weighted by atomic mass is 10.1. The lowest BCUT2D eigenvalue weighted by Crippen LogP contribution is -2.40. The molecule has 0 bridgehead atoms. The lowest BCUT2D eigenvalue weighted by Gasteiger charge is -2.27. The molecule has 0 aliphatic carbocycles. The zero-order chi connectivity index (χ0) is 17.9. The second-order valence-corrected chi connectivity index (χ2v) is 5.98. The molecule has 0 N–H and O–H groups in total. The Morgan fingerprint density at radius 3 is 2.12 bits per heavy atom. The molecule has 0 aliphatic rings. The van der Waals surface area contributed by atoms with Crippen LogP contribution in [-0.2, 0) is 11.3 Å². The maximum atomic E-state index is 13.8. The van der Waals surface area contributed by atoms with Crippen molar-refractivity contribution >= 4 is 29.1 Å². The van der Waals surface area contributed by atoms with Gasteiger partial charge >= 0.3 is 0 Å². The second kappa shape index (κ2) is 7.92. The first-order valence-electron chi connectivity index (χ1n) is 7.11. The number of rotatable bonds is 5. The van der Waals surface area contributed by atoms with Crippen LogP contribution in [0.3, 0.4) is 0 Å². The fourth-order valence-corrected chi connectivity index (χ4v) is 2.93. The molecule has 0 radical (unpaired) electrons. The second-order valence-electron chi connectivity index (χ2n) is 5.16. The summed E-state index contributed by atoms with van der Waals surface area (Å²) in [4.78, 5) is 17.5. The van der Waals surface area contributed by atoms with E-state index in [0.29, 0.717) is 15.6 Å². The number of halogens is 4. The molecule has 7 heteroatoms. The van der Waals surface area contributed by atoms with Crippen molar-refractivity contribution in [2.75, 3.05) is 7.11 Å². The topological polar surface area (TPSA) is 29.5 Å². The molecule has 0 saturated heterocycles. The van der Waals surface area contributed by atoms with Gasteiger partial charge in [-0.3, -0.25) is 9.63 Å². The van der Waals surface area contributed by atoms with Crippen LogP contribution in [0, 0.1) is 11.6 Å². The molecule has 2 aromatic carbocycles. The molecule has 2 aromatic rings. The van der Waals surface area contributed by atoms with Crippen LogP contribution >= 0.6 is 23.2 Å². The minimum absolute atomic E-state index is 0.258. The van der Waals surface area contributed by atoms with Gasteiger partial charge in [-0.05, 0) is 43.2 Å². The maximum absolute atomic E-state index is 13.8. The highest BCUT2D eigenvalue weighted by Crippen LogP contribution is 2.27. The fourth-order valence-electron chi connectivity index (χ4n) is 2.38. The van der Waals surface area contributed by atoms with Crippen LogP contribution < -0.4 is 0 Å². The van der Waals surface area contributed by atoms with Gasteiger partial charge in [0, 0.05) is 10.0 Å². The molecular formula is C17H15Cl2F2NO2. The summed E-state index contributed by atoms with van der Waals surface area (Å²) in [5.74, 6) is -2.82. The summed E-state index contributed by atoms with van der Waals surface area (Å²) in [6.45, 7) is 1.67. The van der Waals surface area contributed by atoms with Crippen LogP contribution in [0.4, 0.5) is 8.78 Å². The summed E-state index contributed by atoms with van der Waals surface area (Å²) in [6, 6.07) is 7.70. The van der Waals surface area contributed by atoms with E-state index in [1.165, 1.54) is 13.2 Å². The van der Waals surface area contributed by atoms with Gasteiger partial charge in [-0.15, -0.1) is 0 Å². The number of hydroxylamine groups is 2. The molecule has 2 rings (SSSR count). The monoisotopic (exact) mass is 373 g/mol. The molecule has 1 atom stereocenters. The molecule has 128 valence electrons. The van der Waals surface area contributed by atoms with Crippen molar-refractivity contribution in [2.24, 2.45) is 0 Å². The summed E-state index contributed by atoms with van der Waals surface area (Å²) in [5, 5.41) is 1.78. The van der Waals surface area contributed by atoms with Gasteiger partial charge in [0.25, 0.3) is 5.91 Å². The van der Waals surface area contributed by atoms with E-state index in [0.717, 1.165) is 17.2 Å². The molecule has 0 saturated carbocycles. The molecule has 1 amide bonds. The molecule has 0 heterocycles. The highest BCUT2D eigenvalue weighted by atomic mass is 35.5. The highest BCUT2D eigenvalue weighted by Gasteiger charge is 2.28. The Morgan fingerprint density at radius 1 is 1.12 bits per heavy atom. The van der Waals surface area contributed by atoms with E-state index in [1.807, 2.05) is 0 Å². The molecule has 0 spiro atoms. The van der Waals surface area contributed by atoms with Crippen molar-refractivity contribution in [2.45, 2.75) is 19.4 Å². The summed E-state index contributed by atoms with van der Waals surface area (Å²) in [6.07, 6.45) is 0.258. The van der Waals surface area contributed by atoms with E-state index in [1.54, 1.807) is 25.1 Å². The Labute approximate surface area is 148 Å². The summed E-state index contributed by atoms with van der Waals surface area (Å²) >= 11 is 12.2. The minimum atomic E-state index is -0.954. The van der Waals surface area contributed by atoms with Crippen LogP contribution in [0.25, 0.3) is 0 Å². The van der Waals surface area contributed by atoms with Crippen LogP contribution in [0.5, 0.6) is 0 Å². The Bertz CT molecular complexity index is 715. The minimum Gasteiger partial charge on any atom is -0.274 e. The predicted molar refractivity (Wildman–Crippen MR) is 89.2 cm³/mol. The first kappa shape index (κ1) is 18.6. The molecule has 3 nitrogen and oxygen atoms in total. The number of hydrogen-bond acceptors (Lipinski definition) is 2. The third-order valence-electron chi connectivity index (χ3n) is 3.54. The molecule has 24 heavy (non-hydrogen) atoms. The van der Waals surface area contributed by atoms with Gasteiger partial charge in [0.1, 0.15) is 17.2 Å². The number of carbonyl (C=O) groups excluding carboxylic acids is 1. The van der Waals surface area contributed by atoms with E-state index >= 15 is 0 Å². The number of benzene rings is 2. The van der Waals surface area contributed by atoms with Gasteiger partial charge in [-0.25, -0.2) is 13.8 Å². The predicted octanol–water partition coefficient (Wildman–Crippen LogP) is 4.91. The number of hydrogen-bond donors (Lipinski definition) is 0. The molecular weight excluding hydrogens is 359 g/mol. The summed E-state index contributed by atoms with van der Waals surface area (Å²) in [5.41, 5.74) is -0.0476. The van der Waals surface area contributed by atoms with Gasteiger partial charge in [0.2, 0.25) is 0 Å². The SMILES string of the molecule is CON(C(=O)c1c(F)cccc1F)[C@H](C)Cc1c(Cl)cccc1Cl. The third kappa shape index (κ3) is 3.86. The van der Waals surface area contributed by atoms with Crippen molar-refractivity contribution < 1.29 is 18.4 Å². The Kier molecular flexibility index (Phi) is 6.15. The smallest absolute Gasteiger partial charge is 0.274 e. The molecule has 0 unspecified atom stereocenters.